The van der Waals surface area contributed by atoms with Gasteiger partial charge >= 0.3 is 17.9 Å². The quantitative estimate of drug-likeness (QED) is 0.165. The van der Waals surface area contributed by atoms with E-state index in [1.807, 2.05) is 28.7 Å². The lowest BCUT2D eigenvalue weighted by molar-refractivity contribution is -0.164. The van der Waals surface area contributed by atoms with Gasteiger partial charge in [0.15, 0.2) is 0 Å². The number of hydrogen-bond donors (Lipinski definition) is 1. The first-order chi connectivity index (χ1) is 14.8. The fourth-order valence-corrected chi connectivity index (χ4v) is 4.92. The minimum atomic E-state index is -1.17. The molecule has 0 saturated carbocycles. The minimum Gasteiger partial charge on any atom is -0.462 e. The Kier molecular flexibility index (Phi) is 9.73. The Hall–Kier alpha value is -0.990. The Morgan fingerprint density at radius 3 is 2.19 bits per heavy atom. The molecule has 2 unspecified atom stereocenters. The summed E-state index contributed by atoms with van der Waals surface area (Å²) < 4.78 is 22.4. The Labute approximate surface area is 215 Å². The largest absolute Gasteiger partial charge is 0.462 e. The first-order valence-corrected chi connectivity index (χ1v) is 12.2. The summed E-state index contributed by atoms with van der Waals surface area (Å²) in [6, 6.07) is 5.29. The highest BCUT2D eigenvalue weighted by Gasteiger charge is 2.41. The molecule has 1 heterocycles. The molecule has 0 radical (unpaired) electrons. The highest BCUT2D eigenvalue weighted by Crippen LogP contribution is 2.36. The van der Waals surface area contributed by atoms with Crippen LogP contribution in [-0.4, -0.2) is 61.6 Å². The van der Waals surface area contributed by atoms with E-state index in [-0.39, 0.29) is 32.3 Å². The smallest absolute Gasteiger partial charge is 0.339 e. The Balaban J connectivity index is 1.78. The van der Waals surface area contributed by atoms with Gasteiger partial charge in [0.2, 0.25) is 0 Å². The number of epoxide rings is 1. The van der Waals surface area contributed by atoms with Crippen molar-refractivity contribution in [2.24, 2.45) is 10.8 Å². The fourth-order valence-electron chi connectivity index (χ4n) is 3.10. The molecule has 1 fully saturated rings. The van der Waals surface area contributed by atoms with Crippen molar-refractivity contribution >= 4 is 63.1 Å². The highest BCUT2D eigenvalue weighted by molar-refractivity contribution is 14.1. The van der Waals surface area contributed by atoms with Crippen LogP contribution in [0, 0.1) is 18.0 Å². The van der Waals surface area contributed by atoms with Gasteiger partial charge in [0, 0.05) is 7.14 Å². The first kappa shape index (κ1) is 27.3. The monoisotopic (exact) mass is 674 g/mol. The molecule has 0 amide bonds. The van der Waals surface area contributed by atoms with Gasteiger partial charge in [-0.2, -0.15) is 0 Å². The third kappa shape index (κ3) is 8.41. The van der Waals surface area contributed by atoms with Crippen molar-refractivity contribution in [2.45, 2.75) is 46.3 Å². The zero-order valence-corrected chi connectivity index (χ0v) is 22.8. The molecule has 0 bridgehead atoms. The summed E-state index contributed by atoms with van der Waals surface area (Å²) in [6.45, 7) is 6.90. The van der Waals surface area contributed by atoms with Crippen molar-refractivity contribution in [3.8, 4) is 0 Å². The summed E-state index contributed by atoms with van der Waals surface area (Å²) >= 11 is 4.19. The summed E-state index contributed by atoms with van der Waals surface area (Å²) in [5.74, 6) is -1.54. The van der Waals surface area contributed by atoms with Crippen molar-refractivity contribution < 1.29 is 38.4 Å². The fraction of sp³-hybridized carbons (Fsp3) is 0.591. The van der Waals surface area contributed by atoms with E-state index in [1.165, 1.54) is 0 Å². The zero-order chi connectivity index (χ0) is 24.1. The Bertz CT molecular complexity index is 848. The normalized spacial score (nSPS) is 16.8. The number of esters is 3. The third-order valence-corrected chi connectivity index (χ3v) is 6.32. The van der Waals surface area contributed by atoms with E-state index in [0.29, 0.717) is 12.2 Å². The SMILES string of the molecule is CC(C)(CC(C)(C)C(=O)OCC1CO1)C(=O)OCC(O)COC(=O)c1ccc(I)cc1I. The molecule has 2 rings (SSSR count). The maximum absolute atomic E-state index is 12.6. The lowest BCUT2D eigenvalue weighted by Gasteiger charge is -2.31. The summed E-state index contributed by atoms with van der Waals surface area (Å²) in [5.41, 5.74) is -1.50. The van der Waals surface area contributed by atoms with Crippen LogP contribution >= 0.6 is 45.2 Å². The molecule has 1 N–H and O–H groups in total. The van der Waals surface area contributed by atoms with Gasteiger partial charge < -0.3 is 24.1 Å². The van der Waals surface area contributed by atoms with E-state index in [4.69, 9.17) is 18.9 Å². The molecule has 1 aromatic carbocycles. The van der Waals surface area contributed by atoms with Crippen molar-refractivity contribution in [2.75, 3.05) is 26.4 Å². The number of carbonyl (C=O) groups excluding carboxylic acids is 3. The van der Waals surface area contributed by atoms with Gasteiger partial charge in [-0.1, -0.05) is 0 Å². The van der Waals surface area contributed by atoms with Crippen LogP contribution in [0.25, 0.3) is 0 Å². The van der Waals surface area contributed by atoms with E-state index in [9.17, 15) is 19.5 Å². The summed E-state index contributed by atoms with van der Waals surface area (Å²) in [5, 5.41) is 10.1. The van der Waals surface area contributed by atoms with E-state index in [2.05, 4.69) is 22.6 Å². The number of rotatable bonds is 11. The molecule has 2 atom stereocenters. The number of aliphatic hydroxyl groups excluding tert-OH is 1. The maximum atomic E-state index is 12.6. The van der Waals surface area contributed by atoms with Crippen LogP contribution in [-0.2, 0) is 28.5 Å². The number of hydrogen-bond acceptors (Lipinski definition) is 8. The number of benzene rings is 1. The van der Waals surface area contributed by atoms with Gasteiger partial charge in [-0.3, -0.25) is 9.59 Å². The van der Waals surface area contributed by atoms with Crippen molar-refractivity contribution in [1.82, 2.24) is 0 Å². The average Bonchev–Trinajstić information content (AvgIpc) is 3.51. The molecule has 1 aliphatic rings. The maximum Gasteiger partial charge on any atom is 0.339 e. The standard InChI is InChI=1S/C22H28I2O8/c1-21(2,12-22(3,4)20(28)32-11-15-10-29-15)19(27)31-9-14(25)8-30-18(26)16-6-5-13(23)7-17(16)24/h5-7,14-15,25H,8-12H2,1-4H3. The van der Waals surface area contributed by atoms with Crippen LogP contribution in [0.4, 0.5) is 0 Å². The lowest BCUT2D eigenvalue weighted by Crippen LogP contribution is -2.38. The number of halogens is 2. The van der Waals surface area contributed by atoms with Gasteiger partial charge in [-0.25, -0.2) is 4.79 Å². The van der Waals surface area contributed by atoms with Gasteiger partial charge in [0.25, 0.3) is 0 Å². The second-order valence-corrected chi connectivity index (χ2v) is 11.4. The molecule has 0 aromatic heterocycles. The molecule has 0 aliphatic carbocycles. The van der Waals surface area contributed by atoms with Gasteiger partial charge in [0.1, 0.15) is 32.0 Å². The second-order valence-electron chi connectivity index (χ2n) is 8.97. The molecular weight excluding hydrogens is 646 g/mol. The van der Waals surface area contributed by atoms with Gasteiger partial charge in [0.05, 0.1) is 23.0 Å². The molecule has 32 heavy (non-hydrogen) atoms. The number of carbonyl (C=O) groups is 3. The highest BCUT2D eigenvalue weighted by atomic mass is 127. The van der Waals surface area contributed by atoms with E-state index < -0.39 is 34.8 Å². The zero-order valence-electron chi connectivity index (χ0n) is 18.5. The van der Waals surface area contributed by atoms with Crippen LogP contribution in [0.5, 0.6) is 0 Å². The van der Waals surface area contributed by atoms with Crippen LogP contribution in [0.1, 0.15) is 44.5 Å². The number of ether oxygens (including phenoxy) is 4. The van der Waals surface area contributed by atoms with Crippen LogP contribution in [0.3, 0.4) is 0 Å². The van der Waals surface area contributed by atoms with Crippen molar-refractivity contribution in [3.63, 3.8) is 0 Å². The topological polar surface area (TPSA) is 112 Å². The summed E-state index contributed by atoms with van der Waals surface area (Å²) in [7, 11) is 0. The van der Waals surface area contributed by atoms with E-state index >= 15 is 0 Å². The lowest BCUT2D eigenvalue weighted by atomic mass is 9.75. The number of aliphatic hydroxyl groups is 1. The third-order valence-electron chi connectivity index (χ3n) is 4.76. The van der Waals surface area contributed by atoms with Crippen LogP contribution < -0.4 is 0 Å². The predicted molar refractivity (Wildman–Crippen MR) is 132 cm³/mol. The molecule has 1 aromatic rings. The molecular formula is C22H28I2O8. The second kappa shape index (κ2) is 11.4. The molecule has 1 aliphatic heterocycles. The molecule has 178 valence electrons. The Morgan fingerprint density at radius 2 is 1.62 bits per heavy atom. The van der Waals surface area contributed by atoms with Crippen molar-refractivity contribution in [1.29, 1.82) is 0 Å². The molecule has 0 spiro atoms. The molecule has 8 nitrogen and oxygen atoms in total. The average molecular weight is 674 g/mol. The summed E-state index contributed by atoms with van der Waals surface area (Å²) in [4.78, 5) is 37.1. The van der Waals surface area contributed by atoms with Crippen LogP contribution in [0.15, 0.2) is 18.2 Å². The van der Waals surface area contributed by atoms with Gasteiger partial charge in [-0.05, 0) is 97.5 Å². The predicted octanol–water partition coefficient (Wildman–Crippen LogP) is 3.34. The molecule has 10 heteroatoms. The van der Waals surface area contributed by atoms with E-state index in [0.717, 1.165) is 7.14 Å². The Morgan fingerprint density at radius 1 is 1.06 bits per heavy atom. The first-order valence-electron chi connectivity index (χ1n) is 10.1. The van der Waals surface area contributed by atoms with Crippen LogP contribution in [0.2, 0.25) is 0 Å². The van der Waals surface area contributed by atoms with E-state index in [1.54, 1.807) is 39.8 Å². The van der Waals surface area contributed by atoms with Crippen molar-refractivity contribution in [3.05, 3.63) is 30.9 Å². The molecule has 1 saturated heterocycles. The minimum absolute atomic E-state index is 0.0302. The van der Waals surface area contributed by atoms with Gasteiger partial charge in [-0.15, -0.1) is 0 Å². The summed E-state index contributed by atoms with van der Waals surface area (Å²) in [6.07, 6.45) is -1.01.